The lowest BCUT2D eigenvalue weighted by Crippen LogP contribution is -2.29. The molecule has 4 heteroatoms. The van der Waals surface area contributed by atoms with Crippen molar-refractivity contribution in [2.24, 2.45) is 0 Å². The minimum absolute atomic E-state index is 0.353. The van der Waals surface area contributed by atoms with E-state index in [1.165, 1.54) is 6.92 Å². The quantitative estimate of drug-likeness (QED) is 0.876. The zero-order valence-electron chi connectivity index (χ0n) is 12.0. The molecule has 0 saturated heterocycles. The molecule has 0 heterocycles. The van der Waals surface area contributed by atoms with Crippen LogP contribution >= 0.6 is 0 Å². The summed E-state index contributed by atoms with van der Waals surface area (Å²) in [6.07, 6.45) is -0.827. The molecule has 1 N–H and O–H groups in total. The Morgan fingerprint density at radius 3 is 2.29 bits per heavy atom. The molecule has 0 bridgehead atoms. The number of rotatable bonds is 4. The van der Waals surface area contributed by atoms with Crippen molar-refractivity contribution < 1.29 is 14.3 Å². The summed E-state index contributed by atoms with van der Waals surface area (Å²) >= 11 is 0. The predicted molar refractivity (Wildman–Crippen MR) is 81.7 cm³/mol. The lowest BCUT2D eigenvalue weighted by molar-refractivity contribution is -0.150. The van der Waals surface area contributed by atoms with E-state index >= 15 is 0 Å². The maximum atomic E-state index is 12.0. The van der Waals surface area contributed by atoms with Gasteiger partial charge in [0.25, 0.3) is 5.91 Å². The topological polar surface area (TPSA) is 55.4 Å². The van der Waals surface area contributed by atoms with Crippen molar-refractivity contribution in [1.82, 2.24) is 0 Å². The van der Waals surface area contributed by atoms with Crippen LogP contribution in [0.1, 0.15) is 13.8 Å². The van der Waals surface area contributed by atoms with Crippen LogP contribution in [0, 0.1) is 0 Å². The van der Waals surface area contributed by atoms with Gasteiger partial charge in [0.1, 0.15) is 0 Å². The van der Waals surface area contributed by atoms with Crippen molar-refractivity contribution >= 4 is 17.6 Å². The van der Waals surface area contributed by atoms with E-state index in [1.807, 2.05) is 54.6 Å². The zero-order valence-corrected chi connectivity index (χ0v) is 12.0. The van der Waals surface area contributed by atoms with Crippen molar-refractivity contribution in [2.75, 3.05) is 5.32 Å². The van der Waals surface area contributed by atoms with Gasteiger partial charge >= 0.3 is 5.97 Å². The van der Waals surface area contributed by atoms with Gasteiger partial charge in [-0.05, 0) is 18.6 Å². The third-order valence-corrected chi connectivity index (χ3v) is 2.98. The van der Waals surface area contributed by atoms with Gasteiger partial charge in [-0.15, -0.1) is 0 Å². The third-order valence-electron chi connectivity index (χ3n) is 2.98. The molecule has 1 atom stereocenters. The van der Waals surface area contributed by atoms with E-state index < -0.39 is 12.1 Å². The summed E-state index contributed by atoms with van der Waals surface area (Å²) < 4.78 is 4.88. The van der Waals surface area contributed by atoms with Gasteiger partial charge < -0.3 is 10.1 Å². The second-order valence-corrected chi connectivity index (χ2v) is 4.65. The van der Waals surface area contributed by atoms with Crippen LogP contribution in [0.25, 0.3) is 11.1 Å². The van der Waals surface area contributed by atoms with E-state index in [4.69, 9.17) is 4.74 Å². The lowest BCUT2D eigenvalue weighted by atomic mass is 10.0. The van der Waals surface area contributed by atoms with Crippen LogP contribution in [0.5, 0.6) is 0 Å². The highest BCUT2D eigenvalue weighted by Gasteiger charge is 2.17. The fourth-order valence-corrected chi connectivity index (χ4v) is 2.00. The Morgan fingerprint density at radius 1 is 1.00 bits per heavy atom. The highest BCUT2D eigenvalue weighted by atomic mass is 16.5. The molecule has 21 heavy (non-hydrogen) atoms. The number of anilines is 1. The Morgan fingerprint density at radius 2 is 1.62 bits per heavy atom. The van der Waals surface area contributed by atoms with Crippen LogP contribution in [-0.2, 0) is 14.3 Å². The molecular weight excluding hydrogens is 266 g/mol. The van der Waals surface area contributed by atoms with Crippen LogP contribution in [0.4, 0.5) is 5.69 Å². The molecule has 2 rings (SSSR count). The summed E-state index contributed by atoms with van der Waals surface area (Å²) in [4.78, 5) is 22.9. The van der Waals surface area contributed by atoms with Gasteiger partial charge in [0, 0.05) is 18.2 Å². The number of hydrogen-bond acceptors (Lipinski definition) is 3. The van der Waals surface area contributed by atoms with Crippen molar-refractivity contribution in [1.29, 1.82) is 0 Å². The number of carbonyl (C=O) groups is 2. The Labute approximate surface area is 123 Å². The molecule has 0 radical (unpaired) electrons. The van der Waals surface area contributed by atoms with Gasteiger partial charge in [-0.3, -0.25) is 9.59 Å². The Bertz CT molecular complexity index is 637. The van der Waals surface area contributed by atoms with E-state index in [0.29, 0.717) is 5.69 Å². The minimum atomic E-state index is -0.827. The molecule has 0 aliphatic carbocycles. The SMILES string of the molecule is CC(=O)O[C@@H](C)C(=O)Nc1ccccc1-c1ccccc1. The summed E-state index contributed by atoms with van der Waals surface area (Å²) in [6.45, 7) is 2.82. The highest BCUT2D eigenvalue weighted by Crippen LogP contribution is 2.27. The number of benzene rings is 2. The molecule has 0 aliphatic rings. The molecule has 2 aromatic carbocycles. The number of nitrogens with one attached hydrogen (secondary N) is 1. The fourth-order valence-electron chi connectivity index (χ4n) is 2.00. The maximum Gasteiger partial charge on any atom is 0.303 e. The van der Waals surface area contributed by atoms with Crippen molar-refractivity contribution in [3.63, 3.8) is 0 Å². The Kier molecular flexibility index (Phi) is 4.72. The molecule has 2 aromatic rings. The number of hydrogen-bond donors (Lipinski definition) is 1. The van der Waals surface area contributed by atoms with E-state index in [9.17, 15) is 9.59 Å². The maximum absolute atomic E-state index is 12.0. The largest absolute Gasteiger partial charge is 0.453 e. The summed E-state index contributed by atoms with van der Waals surface area (Å²) in [5.74, 6) is -0.831. The highest BCUT2D eigenvalue weighted by molar-refractivity contribution is 5.98. The first-order valence-electron chi connectivity index (χ1n) is 6.70. The van der Waals surface area contributed by atoms with Gasteiger partial charge in [-0.25, -0.2) is 0 Å². The van der Waals surface area contributed by atoms with E-state index in [-0.39, 0.29) is 5.91 Å². The molecule has 0 aromatic heterocycles. The number of esters is 1. The summed E-state index contributed by atoms with van der Waals surface area (Å²) in [7, 11) is 0. The lowest BCUT2D eigenvalue weighted by Gasteiger charge is -2.15. The second-order valence-electron chi connectivity index (χ2n) is 4.65. The molecule has 0 spiro atoms. The van der Waals surface area contributed by atoms with Crippen LogP contribution in [0.2, 0.25) is 0 Å². The second kappa shape index (κ2) is 6.70. The Balaban J connectivity index is 2.22. The van der Waals surface area contributed by atoms with Crippen molar-refractivity contribution in [2.45, 2.75) is 20.0 Å². The number of amides is 1. The molecule has 1 amide bonds. The predicted octanol–water partition coefficient (Wildman–Crippen LogP) is 3.24. The first kappa shape index (κ1) is 14.8. The van der Waals surface area contributed by atoms with Gasteiger partial charge in [0.2, 0.25) is 0 Å². The molecule has 108 valence electrons. The van der Waals surface area contributed by atoms with Gasteiger partial charge in [0.05, 0.1) is 0 Å². The number of carbonyl (C=O) groups excluding carboxylic acids is 2. The summed E-state index contributed by atoms with van der Waals surface area (Å²) in [6, 6.07) is 17.3. The Hall–Kier alpha value is -2.62. The molecule has 0 saturated carbocycles. The molecule has 0 aliphatic heterocycles. The van der Waals surface area contributed by atoms with Crippen LogP contribution in [-0.4, -0.2) is 18.0 Å². The number of para-hydroxylation sites is 1. The van der Waals surface area contributed by atoms with Gasteiger partial charge in [-0.1, -0.05) is 48.5 Å². The molecule has 0 unspecified atom stereocenters. The van der Waals surface area contributed by atoms with Gasteiger partial charge in [0.15, 0.2) is 6.10 Å². The monoisotopic (exact) mass is 283 g/mol. The third kappa shape index (κ3) is 3.92. The zero-order chi connectivity index (χ0) is 15.2. The van der Waals surface area contributed by atoms with E-state index in [1.54, 1.807) is 6.92 Å². The molecule has 0 fully saturated rings. The van der Waals surface area contributed by atoms with Crippen LogP contribution in [0.3, 0.4) is 0 Å². The fraction of sp³-hybridized carbons (Fsp3) is 0.176. The summed E-state index contributed by atoms with van der Waals surface area (Å²) in [5, 5.41) is 2.80. The van der Waals surface area contributed by atoms with Crippen molar-refractivity contribution in [3.8, 4) is 11.1 Å². The van der Waals surface area contributed by atoms with Crippen LogP contribution < -0.4 is 5.32 Å². The normalized spacial score (nSPS) is 11.5. The summed E-state index contributed by atoms with van der Waals surface area (Å²) in [5.41, 5.74) is 2.61. The number of ether oxygens (including phenoxy) is 1. The van der Waals surface area contributed by atoms with E-state index in [2.05, 4.69) is 5.32 Å². The van der Waals surface area contributed by atoms with E-state index in [0.717, 1.165) is 11.1 Å². The van der Waals surface area contributed by atoms with Crippen LogP contribution in [0.15, 0.2) is 54.6 Å². The minimum Gasteiger partial charge on any atom is -0.453 e. The average Bonchev–Trinajstić information content (AvgIpc) is 2.48. The standard InChI is InChI=1S/C17H17NO3/c1-12(21-13(2)19)17(20)18-16-11-7-6-10-15(16)14-8-4-3-5-9-14/h3-12H,1-2H3,(H,18,20)/t12-/m0/s1. The van der Waals surface area contributed by atoms with Gasteiger partial charge in [-0.2, -0.15) is 0 Å². The first-order valence-corrected chi connectivity index (χ1v) is 6.70. The molecule has 4 nitrogen and oxygen atoms in total. The molecular formula is C17H17NO3. The van der Waals surface area contributed by atoms with Crippen molar-refractivity contribution in [3.05, 3.63) is 54.6 Å². The smallest absolute Gasteiger partial charge is 0.303 e. The first-order chi connectivity index (χ1) is 10.1. The average molecular weight is 283 g/mol.